The van der Waals surface area contributed by atoms with E-state index in [0.717, 1.165) is 29.9 Å². The average molecular weight is 190 g/mol. The highest BCUT2D eigenvalue weighted by molar-refractivity contribution is 5.85. The van der Waals surface area contributed by atoms with Crippen molar-refractivity contribution in [2.75, 3.05) is 0 Å². The molecule has 14 heavy (non-hydrogen) atoms. The van der Waals surface area contributed by atoms with Crippen molar-refractivity contribution in [2.24, 2.45) is 5.92 Å². The van der Waals surface area contributed by atoms with Crippen LogP contribution in [0.15, 0.2) is 6.20 Å². The van der Waals surface area contributed by atoms with E-state index in [0.29, 0.717) is 18.1 Å². The Balaban J connectivity index is 2.14. The van der Waals surface area contributed by atoms with Gasteiger partial charge in [0.15, 0.2) is 0 Å². The summed E-state index contributed by atoms with van der Waals surface area (Å²) in [6.45, 7) is 3.81. The minimum absolute atomic E-state index is 0.316. The normalized spacial score (nSPS) is 15.6. The maximum Gasteiger partial charge on any atom is 0.141 e. The molecule has 1 aliphatic carbocycles. The molecule has 1 heterocycles. The number of ketones is 1. The van der Waals surface area contributed by atoms with Gasteiger partial charge >= 0.3 is 0 Å². The molecule has 74 valence electrons. The van der Waals surface area contributed by atoms with Crippen molar-refractivity contribution < 1.29 is 4.79 Å². The molecule has 0 unspecified atom stereocenters. The fourth-order valence-corrected chi connectivity index (χ4v) is 1.47. The van der Waals surface area contributed by atoms with E-state index in [9.17, 15) is 4.79 Å². The lowest BCUT2D eigenvalue weighted by atomic mass is 10.1. The molecule has 1 aromatic rings. The van der Waals surface area contributed by atoms with Gasteiger partial charge < -0.3 is 0 Å². The predicted octanol–water partition coefficient (Wildman–Crippen LogP) is 1.62. The first-order valence-electron chi connectivity index (χ1n) is 4.98. The second-order valence-corrected chi connectivity index (χ2v) is 3.96. The van der Waals surface area contributed by atoms with Gasteiger partial charge in [-0.25, -0.2) is 0 Å². The minimum atomic E-state index is 0.316. The van der Waals surface area contributed by atoms with Crippen LogP contribution >= 0.6 is 0 Å². The highest BCUT2D eigenvalue weighted by atomic mass is 16.1. The zero-order valence-electron chi connectivity index (χ0n) is 8.58. The van der Waals surface area contributed by atoms with E-state index >= 15 is 0 Å². The maximum atomic E-state index is 11.6. The largest absolute Gasteiger partial charge is 0.299 e. The topological polar surface area (TPSA) is 42.9 Å². The molecule has 1 aliphatic rings. The van der Waals surface area contributed by atoms with Crippen molar-refractivity contribution in [3.63, 3.8) is 0 Å². The first kappa shape index (κ1) is 9.31. The van der Waals surface area contributed by atoms with Gasteiger partial charge in [-0.15, -0.1) is 0 Å². The average Bonchev–Trinajstić information content (AvgIpc) is 2.94. The Hall–Kier alpha value is -1.25. The maximum absolute atomic E-state index is 11.6. The monoisotopic (exact) mass is 190 g/mol. The molecule has 0 atom stereocenters. The Labute approximate surface area is 83.6 Å². The van der Waals surface area contributed by atoms with Crippen LogP contribution in [0, 0.1) is 19.8 Å². The van der Waals surface area contributed by atoms with Gasteiger partial charge in [-0.1, -0.05) is 0 Å². The number of nitrogens with zero attached hydrogens (tertiary/aromatic N) is 2. The predicted molar refractivity (Wildman–Crippen MR) is 52.9 cm³/mol. The summed E-state index contributed by atoms with van der Waals surface area (Å²) in [5.41, 5.74) is 2.61. The van der Waals surface area contributed by atoms with Crippen LogP contribution in [0.3, 0.4) is 0 Å². The highest BCUT2D eigenvalue weighted by Gasteiger charge is 2.29. The van der Waals surface area contributed by atoms with Crippen molar-refractivity contribution in [1.82, 2.24) is 9.97 Å². The van der Waals surface area contributed by atoms with Crippen molar-refractivity contribution in [1.29, 1.82) is 0 Å². The quantitative estimate of drug-likeness (QED) is 0.727. The summed E-state index contributed by atoms with van der Waals surface area (Å²) in [5, 5.41) is 0. The summed E-state index contributed by atoms with van der Waals surface area (Å²) in [6.07, 6.45) is 4.33. The fourth-order valence-electron chi connectivity index (χ4n) is 1.47. The molecule has 0 N–H and O–H groups in total. The van der Waals surface area contributed by atoms with Crippen molar-refractivity contribution in [2.45, 2.75) is 33.1 Å². The van der Waals surface area contributed by atoms with E-state index in [1.807, 2.05) is 13.8 Å². The molecule has 2 rings (SSSR count). The van der Waals surface area contributed by atoms with Gasteiger partial charge in [-0.3, -0.25) is 14.8 Å². The van der Waals surface area contributed by atoms with E-state index < -0.39 is 0 Å². The number of aryl methyl sites for hydroxylation is 2. The summed E-state index contributed by atoms with van der Waals surface area (Å²) in [6, 6.07) is 0. The van der Waals surface area contributed by atoms with Gasteiger partial charge in [-0.2, -0.15) is 0 Å². The van der Waals surface area contributed by atoms with Gasteiger partial charge in [0.1, 0.15) is 5.78 Å². The summed E-state index contributed by atoms with van der Waals surface area (Å²) in [4.78, 5) is 20.1. The molecule has 0 spiro atoms. The number of carbonyl (C=O) groups is 1. The summed E-state index contributed by atoms with van der Waals surface area (Å²) in [5.74, 6) is 0.643. The zero-order valence-corrected chi connectivity index (χ0v) is 8.58. The molecule has 0 aliphatic heterocycles. The number of hydrogen-bond donors (Lipinski definition) is 0. The molecule has 0 bridgehead atoms. The number of hydrogen-bond acceptors (Lipinski definition) is 3. The summed E-state index contributed by atoms with van der Waals surface area (Å²) in [7, 11) is 0. The molecule has 1 fully saturated rings. The Morgan fingerprint density at radius 3 is 2.86 bits per heavy atom. The van der Waals surface area contributed by atoms with Crippen molar-refractivity contribution in [3.8, 4) is 0 Å². The van der Waals surface area contributed by atoms with Crippen molar-refractivity contribution in [3.05, 3.63) is 23.3 Å². The Morgan fingerprint density at radius 1 is 1.50 bits per heavy atom. The SMILES string of the molecule is Cc1cnc(C)c(CC(=O)C2CC2)n1. The first-order chi connectivity index (χ1) is 6.66. The third kappa shape index (κ3) is 1.97. The number of Topliss-reactive ketones (excluding diaryl/α,β-unsaturated/α-hetero) is 1. The molecule has 1 aromatic heterocycles. The summed E-state index contributed by atoms with van der Waals surface area (Å²) >= 11 is 0. The van der Waals surface area contributed by atoms with Crippen LogP contribution in [-0.2, 0) is 11.2 Å². The smallest absolute Gasteiger partial charge is 0.141 e. The van der Waals surface area contributed by atoms with Gasteiger partial charge in [0.2, 0.25) is 0 Å². The molecule has 3 nitrogen and oxygen atoms in total. The van der Waals surface area contributed by atoms with Crippen LogP contribution in [0.5, 0.6) is 0 Å². The third-order valence-electron chi connectivity index (χ3n) is 2.55. The standard InChI is InChI=1S/C11H14N2O/c1-7-6-12-8(2)10(13-7)5-11(14)9-3-4-9/h6,9H,3-5H2,1-2H3. The molecule has 0 amide bonds. The first-order valence-corrected chi connectivity index (χ1v) is 4.98. The van der Waals surface area contributed by atoms with Crippen LogP contribution in [0.4, 0.5) is 0 Å². The lowest BCUT2D eigenvalue weighted by Crippen LogP contribution is -2.09. The molecular weight excluding hydrogens is 176 g/mol. The third-order valence-corrected chi connectivity index (χ3v) is 2.55. The van der Waals surface area contributed by atoms with E-state index in [1.54, 1.807) is 6.20 Å². The number of rotatable bonds is 3. The Bertz CT molecular complexity index is 370. The van der Waals surface area contributed by atoms with Crippen LogP contribution in [0.25, 0.3) is 0 Å². The molecule has 0 aromatic carbocycles. The second-order valence-electron chi connectivity index (χ2n) is 3.96. The van der Waals surface area contributed by atoms with Crippen LogP contribution < -0.4 is 0 Å². The second kappa shape index (κ2) is 3.48. The fraction of sp³-hybridized carbons (Fsp3) is 0.545. The summed E-state index contributed by atoms with van der Waals surface area (Å²) < 4.78 is 0. The zero-order chi connectivity index (χ0) is 10.1. The minimum Gasteiger partial charge on any atom is -0.299 e. The van der Waals surface area contributed by atoms with Gasteiger partial charge in [0.25, 0.3) is 0 Å². The number of carbonyl (C=O) groups excluding carboxylic acids is 1. The lowest BCUT2D eigenvalue weighted by molar-refractivity contribution is -0.119. The molecule has 3 heteroatoms. The van der Waals surface area contributed by atoms with Crippen LogP contribution in [0.1, 0.15) is 29.9 Å². The highest BCUT2D eigenvalue weighted by Crippen LogP contribution is 2.30. The van der Waals surface area contributed by atoms with E-state index in [4.69, 9.17) is 0 Å². The molecule has 1 saturated carbocycles. The van der Waals surface area contributed by atoms with Crippen LogP contribution in [0.2, 0.25) is 0 Å². The van der Waals surface area contributed by atoms with Gasteiger partial charge in [-0.05, 0) is 26.7 Å². The van der Waals surface area contributed by atoms with Crippen molar-refractivity contribution >= 4 is 5.78 Å². The van der Waals surface area contributed by atoms with Gasteiger partial charge in [0, 0.05) is 12.1 Å². The molecule has 0 radical (unpaired) electrons. The van der Waals surface area contributed by atoms with Gasteiger partial charge in [0.05, 0.1) is 23.5 Å². The molecule has 0 saturated heterocycles. The Morgan fingerprint density at radius 2 is 2.21 bits per heavy atom. The number of aromatic nitrogens is 2. The lowest BCUT2D eigenvalue weighted by Gasteiger charge is -2.03. The van der Waals surface area contributed by atoms with E-state index in [2.05, 4.69) is 9.97 Å². The van der Waals surface area contributed by atoms with E-state index in [1.165, 1.54) is 0 Å². The van der Waals surface area contributed by atoms with E-state index in [-0.39, 0.29) is 0 Å². The van der Waals surface area contributed by atoms with Crippen LogP contribution in [-0.4, -0.2) is 15.8 Å². The Kier molecular flexibility index (Phi) is 2.32. The molecular formula is C11H14N2O.